The molecular formula is C19H21N5O. The number of carbonyl (C=O) groups excluding carboxylic acids is 1. The molecule has 6 nitrogen and oxygen atoms in total. The summed E-state index contributed by atoms with van der Waals surface area (Å²) in [5.74, 6) is 0.390. The molecule has 1 fully saturated rings. The maximum atomic E-state index is 12.5. The Kier molecular flexibility index (Phi) is 4.28. The van der Waals surface area contributed by atoms with Gasteiger partial charge >= 0.3 is 0 Å². The Morgan fingerprint density at radius 3 is 2.92 bits per heavy atom. The number of hydrogen-bond donors (Lipinski definition) is 1. The molecule has 1 saturated heterocycles. The fourth-order valence-corrected chi connectivity index (χ4v) is 3.35. The average molecular weight is 335 g/mol. The maximum absolute atomic E-state index is 12.5. The molecule has 0 amide bonds. The molecule has 0 saturated carbocycles. The number of rotatable bonds is 4. The summed E-state index contributed by atoms with van der Waals surface area (Å²) < 4.78 is 1.77. The second-order valence-electron chi connectivity index (χ2n) is 6.68. The molecule has 0 radical (unpaired) electrons. The SMILES string of the molecule is Cn1cc(-c2cnc3cnc(CC(=O)[C@@H]4CCCNC4)cc3c2)cn1. The first kappa shape index (κ1) is 15.9. The summed E-state index contributed by atoms with van der Waals surface area (Å²) >= 11 is 0. The van der Waals surface area contributed by atoms with Crippen LogP contribution in [0.3, 0.4) is 0 Å². The number of pyridine rings is 2. The predicted molar refractivity (Wildman–Crippen MR) is 96.0 cm³/mol. The Morgan fingerprint density at radius 2 is 2.16 bits per heavy atom. The van der Waals surface area contributed by atoms with Crippen molar-refractivity contribution in [2.45, 2.75) is 19.3 Å². The van der Waals surface area contributed by atoms with Gasteiger partial charge in [0, 0.05) is 60.5 Å². The first-order valence-corrected chi connectivity index (χ1v) is 8.66. The molecule has 3 aromatic rings. The van der Waals surface area contributed by atoms with Gasteiger partial charge in [0.15, 0.2) is 0 Å². The number of aromatic nitrogens is 4. The van der Waals surface area contributed by atoms with E-state index in [1.54, 1.807) is 10.9 Å². The van der Waals surface area contributed by atoms with Crippen molar-refractivity contribution in [3.8, 4) is 11.1 Å². The minimum absolute atomic E-state index is 0.117. The van der Waals surface area contributed by atoms with Crippen LogP contribution >= 0.6 is 0 Å². The number of Topliss-reactive ketones (excluding diaryl/α,β-unsaturated/α-hetero) is 1. The van der Waals surface area contributed by atoms with Crippen LogP contribution in [0.15, 0.2) is 36.9 Å². The Balaban J connectivity index is 1.59. The minimum atomic E-state index is 0.117. The molecule has 0 unspecified atom stereocenters. The standard InChI is InChI=1S/C19H21N5O/c1-24-12-16(10-23-24)15-5-14-6-17(21-11-18(14)22-9-15)7-19(25)13-3-2-4-20-8-13/h5-6,9-13,20H,2-4,7-8H2,1H3/t13-/m1/s1. The molecule has 0 spiro atoms. The van der Waals surface area contributed by atoms with Gasteiger partial charge in [-0.3, -0.25) is 19.4 Å². The molecule has 1 atom stereocenters. The monoisotopic (exact) mass is 335 g/mol. The van der Waals surface area contributed by atoms with Crippen LogP contribution in [0, 0.1) is 5.92 Å². The smallest absolute Gasteiger partial charge is 0.143 e. The summed E-state index contributed by atoms with van der Waals surface area (Å²) in [7, 11) is 1.89. The molecule has 25 heavy (non-hydrogen) atoms. The lowest BCUT2D eigenvalue weighted by atomic mass is 9.92. The number of fused-ring (bicyclic) bond motifs is 1. The number of ketones is 1. The number of nitrogens with zero attached hydrogens (tertiary/aromatic N) is 4. The van der Waals surface area contributed by atoms with E-state index in [0.29, 0.717) is 6.42 Å². The van der Waals surface area contributed by atoms with Crippen molar-refractivity contribution in [3.05, 3.63) is 42.6 Å². The van der Waals surface area contributed by atoms with Crippen LogP contribution in [-0.4, -0.2) is 38.6 Å². The van der Waals surface area contributed by atoms with E-state index in [1.165, 1.54) is 0 Å². The second kappa shape index (κ2) is 6.72. The van der Waals surface area contributed by atoms with Gasteiger partial charge in [-0.1, -0.05) is 0 Å². The largest absolute Gasteiger partial charge is 0.316 e. The predicted octanol–water partition coefficient (Wildman–Crippen LogP) is 2.14. The van der Waals surface area contributed by atoms with E-state index in [9.17, 15) is 4.79 Å². The Labute approximate surface area is 146 Å². The zero-order valence-electron chi connectivity index (χ0n) is 14.3. The summed E-state index contributed by atoms with van der Waals surface area (Å²) in [5.41, 5.74) is 3.69. The van der Waals surface area contributed by atoms with Crippen LogP contribution in [0.5, 0.6) is 0 Å². The Hall–Kier alpha value is -2.60. The highest BCUT2D eigenvalue weighted by molar-refractivity contribution is 5.86. The summed E-state index contributed by atoms with van der Waals surface area (Å²) in [6.07, 6.45) is 9.81. The topological polar surface area (TPSA) is 72.7 Å². The molecule has 4 rings (SSSR count). The van der Waals surface area contributed by atoms with Gasteiger partial charge in [-0.05, 0) is 31.5 Å². The first-order chi connectivity index (χ1) is 12.2. The Bertz CT molecular complexity index is 911. The fourth-order valence-electron chi connectivity index (χ4n) is 3.35. The van der Waals surface area contributed by atoms with Gasteiger partial charge in [0.25, 0.3) is 0 Å². The van der Waals surface area contributed by atoms with Crippen molar-refractivity contribution in [1.29, 1.82) is 0 Å². The van der Waals surface area contributed by atoms with E-state index in [2.05, 4.69) is 26.4 Å². The van der Waals surface area contributed by atoms with Gasteiger partial charge < -0.3 is 5.32 Å². The molecule has 0 bridgehead atoms. The van der Waals surface area contributed by atoms with Crippen molar-refractivity contribution in [2.75, 3.05) is 13.1 Å². The molecule has 128 valence electrons. The van der Waals surface area contributed by atoms with Crippen LogP contribution in [-0.2, 0) is 18.3 Å². The second-order valence-corrected chi connectivity index (χ2v) is 6.68. The van der Waals surface area contributed by atoms with Crippen LogP contribution < -0.4 is 5.32 Å². The van der Waals surface area contributed by atoms with Crippen LogP contribution in [0.1, 0.15) is 18.5 Å². The molecule has 1 N–H and O–H groups in total. The number of aryl methyl sites for hydroxylation is 1. The quantitative estimate of drug-likeness (QED) is 0.791. The highest BCUT2D eigenvalue weighted by atomic mass is 16.1. The van der Waals surface area contributed by atoms with E-state index in [4.69, 9.17) is 0 Å². The zero-order valence-corrected chi connectivity index (χ0v) is 14.3. The highest BCUT2D eigenvalue weighted by Gasteiger charge is 2.21. The van der Waals surface area contributed by atoms with Crippen molar-refractivity contribution in [3.63, 3.8) is 0 Å². The summed E-state index contributed by atoms with van der Waals surface area (Å²) in [6, 6.07) is 4.06. The van der Waals surface area contributed by atoms with E-state index in [-0.39, 0.29) is 11.7 Å². The molecular weight excluding hydrogens is 314 g/mol. The lowest BCUT2D eigenvalue weighted by Crippen LogP contribution is -2.35. The van der Waals surface area contributed by atoms with Crippen molar-refractivity contribution >= 4 is 16.7 Å². The molecule has 1 aliphatic rings. The van der Waals surface area contributed by atoms with E-state index < -0.39 is 0 Å². The molecule has 0 aromatic carbocycles. The van der Waals surface area contributed by atoms with Gasteiger partial charge in [0.1, 0.15) is 5.78 Å². The number of hydrogen-bond acceptors (Lipinski definition) is 5. The van der Waals surface area contributed by atoms with E-state index >= 15 is 0 Å². The van der Waals surface area contributed by atoms with Gasteiger partial charge in [-0.2, -0.15) is 5.10 Å². The molecule has 3 aromatic heterocycles. The van der Waals surface area contributed by atoms with E-state index in [0.717, 1.165) is 53.7 Å². The van der Waals surface area contributed by atoms with Gasteiger partial charge in [-0.15, -0.1) is 0 Å². The molecule has 1 aliphatic heterocycles. The average Bonchev–Trinajstić information content (AvgIpc) is 3.08. The number of piperidine rings is 1. The van der Waals surface area contributed by atoms with Crippen LogP contribution in [0.4, 0.5) is 0 Å². The lowest BCUT2D eigenvalue weighted by Gasteiger charge is -2.21. The zero-order chi connectivity index (χ0) is 17.2. The van der Waals surface area contributed by atoms with E-state index in [1.807, 2.05) is 31.7 Å². The molecule has 0 aliphatic carbocycles. The van der Waals surface area contributed by atoms with Gasteiger partial charge in [0.2, 0.25) is 0 Å². The van der Waals surface area contributed by atoms with Crippen molar-refractivity contribution in [1.82, 2.24) is 25.1 Å². The summed E-state index contributed by atoms with van der Waals surface area (Å²) in [4.78, 5) is 21.4. The van der Waals surface area contributed by atoms with Crippen molar-refractivity contribution in [2.24, 2.45) is 13.0 Å². The summed E-state index contributed by atoms with van der Waals surface area (Å²) in [5, 5.41) is 8.51. The third kappa shape index (κ3) is 3.44. The third-order valence-corrected chi connectivity index (χ3v) is 4.77. The third-order valence-electron chi connectivity index (χ3n) is 4.77. The number of carbonyl (C=O) groups is 1. The first-order valence-electron chi connectivity index (χ1n) is 8.66. The molecule has 4 heterocycles. The van der Waals surface area contributed by atoms with Crippen LogP contribution in [0.25, 0.3) is 22.0 Å². The minimum Gasteiger partial charge on any atom is -0.316 e. The summed E-state index contributed by atoms with van der Waals surface area (Å²) in [6.45, 7) is 1.81. The molecule has 6 heteroatoms. The fraction of sp³-hybridized carbons (Fsp3) is 0.368. The van der Waals surface area contributed by atoms with Gasteiger partial charge in [0.05, 0.1) is 17.9 Å². The maximum Gasteiger partial charge on any atom is 0.143 e. The normalized spacial score (nSPS) is 17.7. The van der Waals surface area contributed by atoms with Gasteiger partial charge in [-0.25, -0.2) is 0 Å². The lowest BCUT2D eigenvalue weighted by molar-refractivity contribution is -0.122. The Morgan fingerprint density at radius 1 is 1.24 bits per heavy atom. The van der Waals surface area contributed by atoms with Crippen LogP contribution in [0.2, 0.25) is 0 Å². The highest BCUT2D eigenvalue weighted by Crippen LogP contribution is 2.23. The van der Waals surface area contributed by atoms with Crippen molar-refractivity contribution < 1.29 is 4.79 Å². The number of nitrogens with one attached hydrogen (secondary N) is 1.